The summed E-state index contributed by atoms with van der Waals surface area (Å²) in [5.41, 5.74) is 0.800. The molecule has 0 aliphatic carbocycles. The number of aryl methyl sites for hydroxylation is 1. The van der Waals surface area contributed by atoms with Crippen molar-refractivity contribution in [2.45, 2.75) is 11.6 Å². The molecule has 0 atom stereocenters. The Morgan fingerprint density at radius 3 is 2.95 bits per heavy atom. The second-order valence-electron chi connectivity index (χ2n) is 3.95. The second kappa shape index (κ2) is 6.77. The van der Waals surface area contributed by atoms with Crippen LogP contribution in [0.25, 0.3) is 0 Å². The number of thioether (sulfide) groups is 1. The first-order valence-corrected chi connectivity index (χ1v) is 7.59. The second-order valence-corrected chi connectivity index (χ2v) is 5.86. The summed E-state index contributed by atoms with van der Waals surface area (Å²) in [6, 6.07) is 7.58. The van der Waals surface area contributed by atoms with Crippen LogP contribution in [0, 0.1) is 0 Å². The van der Waals surface area contributed by atoms with Gasteiger partial charge < -0.3 is 9.88 Å². The van der Waals surface area contributed by atoms with Crippen molar-refractivity contribution in [3.8, 4) is 0 Å². The molecule has 1 aromatic carbocycles. The van der Waals surface area contributed by atoms with Crippen LogP contribution in [0.3, 0.4) is 0 Å². The lowest BCUT2D eigenvalue weighted by molar-refractivity contribution is -0.115. The molecule has 0 aliphatic rings. The molecule has 100 valence electrons. The molecule has 0 fully saturated rings. The van der Waals surface area contributed by atoms with Crippen LogP contribution in [0.15, 0.2) is 46.3 Å². The minimum absolute atomic E-state index is 0.00797. The van der Waals surface area contributed by atoms with E-state index in [-0.39, 0.29) is 5.91 Å². The van der Waals surface area contributed by atoms with E-state index in [1.807, 2.05) is 42.1 Å². The minimum Gasteiger partial charge on any atom is -0.329 e. The van der Waals surface area contributed by atoms with Gasteiger partial charge in [0.1, 0.15) is 0 Å². The zero-order chi connectivity index (χ0) is 13.7. The number of hydrogen-bond acceptors (Lipinski definition) is 3. The number of amides is 1. The van der Waals surface area contributed by atoms with Crippen molar-refractivity contribution in [2.24, 2.45) is 7.05 Å². The standard InChI is InChI=1S/C13H14BrN3OS/c1-17-8-7-15-13(17)19-9-6-12(18)16-11-5-3-2-4-10(11)14/h2-5,7-8H,6,9H2,1H3,(H,16,18). The summed E-state index contributed by atoms with van der Waals surface area (Å²) < 4.78 is 2.83. The molecule has 0 spiro atoms. The Labute approximate surface area is 124 Å². The Balaban J connectivity index is 1.79. The fourth-order valence-corrected chi connectivity index (χ4v) is 2.76. The third-order valence-corrected chi connectivity index (χ3v) is 4.24. The Morgan fingerprint density at radius 1 is 1.47 bits per heavy atom. The van der Waals surface area contributed by atoms with Gasteiger partial charge in [-0.2, -0.15) is 0 Å². The number of imidazole rings is 1. The van der Waals surface area contributed by atoms with E-state index in [2.05, 4.69) is 26.2 Å². The summed E-state index contributed by atoms with van der Waals surface area (Å²) in [5, 5.41) is 3.80. The van der Waals surface area contributed by atoms with Gasteiger partial charge in [0.2, 0.25) is 5.91 Å². The molecule has 19 heavy (non-hydrogen) atoms. The van der Waals surface area contributed by atoms with E-state index in [0.717, 1.165) is 15.3 Å². The van der Waals surface area contributed by atoms with E-state index in [1.54, 1.807) is 18.0 Å². The topological polar surface area (TPSA) is 46.9 Å². The number of nitrogens with zero attached hydrogens (tertiary/aromatic N) is 2. The number of anilines is 1. The van der Waals surface area contributed by atoms with E-state index in [9.17, 15) is 4.79 Å². The highest BCUT2D eigenvalue weighted by Crippen LogP contribution is 2.22. The van der Waals surface area contributed by atoms with Crippen LogP contribution in [0.4, 0.5) is 5.69 Å². The number of carbonyl (C=O) groups is 1. The molecule has 0 unspecified atom stereocenters. The summed E-state index contributed by atoms with van der Waals surface area (Å²) in [4.78, 5) is 16.0. The van der Waals surface area contributed by atoms with E-state index in [1.165, 1.54) is 0 Å². The molecule has 4 nitrogen and oxygen atoms in total. The van der Waals surface area contributed by atoms with E-state index < -0.39 is 0 Å². The van der Waals surface area contributed by atoms with Crippen LogP contribution in [-0.2, 0) is 11.8 Å². The van der Waals surface area contributed by atoms with Gasteiger partial charge in [-0.25, -0.2) is 4.98 Å². The smallest absolute Gasteiger partial charge is 0.225 e. The normalized spacial score (nSPS) is 10.4. The fourth-order valence-electron chi connectivity index (χ4n) is 1.50. The Morgan fingerprint density at radius 2 is 2.26 bits per heavy atom. The predicted molar refractivity (Wildman–Crippen MR) is 81.3 cm³/mol. The van der Waals surface area contributed by atoms with Crippen LogP contribution >= 0.6 is 27.7 Å². The van der Waals surface area contributed by atoms with Crippen LogP contribution in [-0.4, -0.2) is 21.2 Å². The number of para-hydroxylation sites is 1. The first kappa shape index (κ1) is 14.1. The molecule has 1 N–H and O–H groups in total. The summed E-state index contributed by atoms with van der Waals surface area (Å²) in [6.45, 7) is 0. The lowest BCUT2D eigenvalue weighted by Gasteiger charge is -2.06. The first-order chi connectivity index (χ1) is 9.16. The van der Waals surface area contributed by atoms with Gasteiger partial charge >= 0.3 is 0 Å². The highest BCUT2D eigenvalue weighted by molar-refractivity contribution is 9.10. The number of carbonyl (C=O) groups excluding carboxylic acids is 1. The quantitative estimate of drug-likeness (QED) is 0.850. The molecule has 0 aliphatic heterocycles. The van der Waals surface area contributed by atoms with Gasteiger partial charge in [0.15, 0.2) is 5.16 Å². The maximum absolute atomic E-state index is 11.8. The molecule has 1 aromatic heterocycles. The number of aromatic nitrogens is 2. The maximum atomic E-state index is 11.8. The first-order valence-electron chi connectivity index (χ1n) is 5.81. The number of rotatable bonds is 5. The molecule has 0 radical (unpaired) electrons. The van der Waals surface area contributed by atoms with E-state index in [0.29, 0.717) is 12.2 Å². The highest BCUT2D eigenvalue weighted by atomic mass is 79.9. The molecule has 1 heterocycles. The van der Waals surface area contributed by atoms with Gasteiger partial charge in [-0.15, -0.1) is 0 Å². The van der Waals surface area contributed by atoms with Crippen LogP contribution in [0.1, 0.15) is 6.42 Å². The van der Waals surface area contributed by atoms with Gasteiger partial charge in [-0.05, 0) is 28.1 Å². The predicted octanol–water partition coefficient (Wildman–Crippen LogP) is 3.30. The summed E-state index contributed by atoms with van der Waals surface area (Å²) in [5.74, 6) is 0.717. The van der Waals surface area contributed by atoms with Crippen LogP contribution in [0.2, 0.25) is 0 Å². The van der Waals surface area contributed by atoms with Crippen molar-refractivity contribution in [3.63, 3.8) is 0 Å². The van der Waals surface area contributed by atoms with E-state index in [4.69, 9.17) is 0 Å². The third-order valence-electron chi connectivity index (χ3n) is 2.49. The summed E-state index contributed by atoms with van der Waals surface area (Å²) >= 11 is 4.98. The summed E-state index contributed by atoms with van der Waals surface area (Å²) in [6.07, 6.45) is 4.10. The van der Waals surface area contributed by atoms with Crippen molar-refractivity contribution in [2.75, 3.05) is 11.1 Å². The SMILES string of the molecule is Cn1ccnc1SCCC(=O)Nc1ccccc1Br. The Bertz CT molecular complexity index is 571. The molecule has 0 saturated carbocycles. The molecule has 6 heteroatoms. The van der Waals surface area contributed by atoms with Crippen molar-refractivity contribution in [3.05, 3.63) is 41.1 Å². The molecule has 0 saturated heterocycles. The number of benzene rings is 1. The maximum Gasteiger partial charge on any atom is 0.225 e. The molecule has 2 rings (SSSR count). The van der Waals surface area contributed by atoms with E-state index >= 15 is 0 Å². The average Bonchev–Trinajstić information content (AvgIpc) is 2.78. The third kappa shape index (κ3) is 4.11. The Hall–Kier alpha value is -1.27. The van der Waals surface area contributed by atoms with Gasteiger partial charge in [0.05, 0.1) is 5.69 Å². The Kier molecular flexibility index (Phi) is 5.04. The molecule has 2 aromatic rings. The van der Waals surface area contributed by atoms with Crippen molar-refractivity contribution < 1.29 is 4.79 Å². The summed E-state index contributed by atoms with van der Waals surface area (Å²) in [7, 11) is 1.94. The van der Waals surface area contributed by atoms with Gasteiger partial charge in [-0.1, -0.05) is 23.9 Å². The molecule has 0 bridgehead atoms. The van der Waals surface area contributed by atoms with Gasteiger partial charge in [0.25, 0.3) is 0 Å². The van der Waals surface area contributed by atoms with Crippen molar-refractivity contribution in [1.82, 2.24) is 9.55 Å². The number of nitrogens with one attached hydrogen (secondary N) is 1. The number of halogens is 1. The van der Waals surface area contributed by atoms with Crippen LogP contribution < -0.4 is 5.32 Å². The number of hydrogen-bond donors (Lipinski definition) is 1. The fraction of sp³-hybridized carbons (Fsp3) is 0.231. The monoisotopic (exact) mass is 339 g/mol. The highest BCUT2D eigenvalue weighted by Gasteiger charge is 2.06. The zero-order valence-corrected chi connectivity index (χ0v) is 12.9. The lowest BCUT2D eigenvalue weighted by Crippen LogP contribution is -2.12. The van der Waals surface area contributed by atoms with Crippen molar-refractivity contribution in [1.29, 1.82) is 0 Å². The largest absolute Gasteiger partial charge is 0.329 e. The molecular weight excluding hydrogens is 326 g/mol. The van der Waals surface area contributed by atoms with Crippen LogP contribution in [0.5, 0.6) is 0 Å². The molecule has 1 amide bonds. The van der Waals surface area contributed by atoms with Gasteiger partial charge in [-0.3, -0.25) is 4.79 Å². The minimum atomic E-state index is 0.00797. The van der Waals surface area contributed by atoms with Crippen molar-refractivity contribution >= 4 is 39.3 Å². The zero-order valence-electron chi connectivity index (χ0n) is 10.5. The van der Waals surface area contributed by atoms with Gasteiger partial charge in [0, 0.05) is 36.1 Å². The lowest BCUT2D eigenvalue weighted by atomic mass is 10.3. The molecular formula is C13H14BrN3OS. The average molecular weight is 340 g/mol.